The lowest BCUT2D eigenvalue weighted by Gasteiger charge is -2.24. The van der Waals surface area contributed by atoms with Gasteiger partial charge >= 0.3 is 16.2 Å². The lowest BCUT2D eigenvalue weighted by molar-refractivity contribution is -0.148. The molecule has 0 bridgehead atoms. The molecule has 0 spiro atoms. The van der Waals surface area contributed by atoms with Crippen molar-refractivity contribution in [1.29, 1.82) is 0 Å². The van der Waals surface area contributed by atoms with Crippen LogP contribution >= 0.6 is 0 Å². The third kappa shape index (κ3) is 3.19. The Morgan fingerprint density at radius 1 is 1.41 bits per heavy atom. The number of amides is 1. The lowest BCUT2D eigenvalue weighted by atomic mass is 10.1. The number of carbonyl (C=O) groups excluding carboxylic acids is 1. The van der Waals surface area contributed by atoms with Crippen LogP contribution in [0.15, 0.2) is 24.3 Å². The van der Waals surface area contributed by atoms with Crippen molar-refractivity contribution in [2.24, 2.45) is 0 Å². The maximum absolute atomic E-state index is 13.0. The van der Waals surface area contributed by atoms with E-state index in [-0.39, 0.29) is 5.56 Å². The van der Waals surface area contributed by atoms with Gasteiger partial charge in [-0.1, -0.05) is 12.1 Å². The number of hydrogen-bond donors (Lipinski definition) is 1. The van der Waals surface area contributed by atoms with Crippen LogP contribution in [0.3, 0.4) is 0 Å². The molecule has 1 aliphatic rings. The summed E-state index contributed by atoms with van der Waals surface area (Å²) < 4.78 is 39.9. The molecule has 0 aliphatic carbocycles. The van der Waals surface area contributed by atoms with Crippen LogP contribution in [0.1, 0.15) is 18.0 Å². The van der Waals surface area contributed by atoms with Crippen molar-refractivity contribution >= 4 is 22.1 Å². The molecule has 1 heterocycles. The zero-order valence-electron chi connectivity index (χ0n) is 11.6. The van der Waals surface area contributed by atoms with E-state index in [4.69, 9.17) is 4.74 Å². The van der Waals surface area contributed by atoms with E-state index in [1.807, 2.05) is 0 Å². The van der Waals surface area contributed by atoms with Gasteiger partial charge in [-0.2, -0.15) is 8.42 Å². The minimum atomic E-state index is -4.90. The number of benzene rings is 1. The number of carbonyl (C=O) groups is 2. The van der Waals surface area contributed by atoms with Gasteiger partial charge in [0.05, 0.1) is 7.11 Å². The molecule has 1 aromatic rings. The molecule has 7 nitrogen and oxygen atoms in total. The van der Waals surface area contributed by atoms with Crippen molar-refractivity contribution < 1.29 is 31.7 Å². The number of likely N-dealkylation sites (tertiary alicyclic amines) is 1. The van der Waals surface area contributed by atoms with Gasteiger partial charge in [0.25, 0.3) is 0 Å². The SMILES string of the molecule is COc1ccc(C(C(=O)O)N2CC(S(=O)(=O)F)CC2=O)cc1. The van der Waals surface area contributed by atoms with Gasteiger partial charge in [-0.3, -0.25) is 4.79 Å². The molecule has 0 saturated carbocycles. The van der Waals surface area contributed by atoms with Crippen molar-refractivity contribution in [2.45, 2.75) is 17.7 Å². The highest BCUT2D eigenvalue weighted by Gasteiger charge is 2.43. The average molecular weight is 331 g/mol. The van der Waals surface area contributed by atoms with E-state index in [1.165, 1.54) is 31.4 Å². The number of aliphatic carboxylic acids is 1. The lowest BCUT2D eigenvalue weighted by Crippen LogP contribution is -2.36. The highest BCUT2D eigenvalue weighted by Crippen LogP contribution is 2.30. The molecule has 22 heavy (non-hydrogen) atoms. The van der Waals surface area contributed by atoms with Crippen molar-refractivity contribution in [3.05, 3.63) is 29.8 Å². The Morgan fingerprint density at radius 3 is 2.41 bits per heavy atom. The van der Waals surface area contributed by atoms with E-state index < -0.39 is 46.4 Å². The van der Waals surface area contributed by atoms with Gasteiger partial charge in [0.15, 0.2) is 6.04 Å². The fraction of sp³-hybridized carbons (Fsp3) is 0.385. The third-order valence-corrected chi connectivity index (χ3v) is 4.61. The molecule has 2 rings (SSSR count). The second kappa shape index (κ2) is 5.91. The minimum Gasteiger partial charge on any atom is -0.497 e. The molecular formula is C13H14FNO6S. The Morgan fingerprint density at radius 2 is 2.00 bits per heavy atom. The standard InChI is InChI=1S/C13H14FNO6S/c1-21-9-4-2-8(3-5-9)12(13(17)18)15-7-10(6-11(15)16)22(14,19)20/h2-5,10,12H,6-7H2,1H3,(H,17,18). The van der Waals surface area contributed by atoms with E-state index in [9.17, 15) is 27.0 Å². The molecule has 1 aliphatic heterocycles. The third-order valence-electron chi connectivity index (χ3n) is 3.50. The quantitative estimate of drug-likeness (QED) is 0.798. The highest BCUT2D eigenvalue weighted by molar-refractivity contribution is 7.87. The predicted octanol–water partition coefficient (Wildman–Crippen LogP) is 0.721. The maximum Gasteiger partial charge on any atom is 0.331 e. The van der Waals surface area contributed by atoms with Crippen molar-refractivity contribution in [3.8, 4) is 5.75 Å². The normalized spacial score (nSPS) is 20.0. The predicted molar refractivity (Wildman–Crippen MR) is 73.5 cm³/mol. The molecule has 1 fully saturated rings. The Bertz CT molecular complexity index is 687. The van der Waals surface area contributed by atoms with Crippen LogP contribution in [-0.2, 0) is 19.8 Å². The molecule has 1 N–H and O–H groups in total. The molecule has 9 heteroatoms. The zero-order valence-corrected chi connectivity index (χ0v) is 12.4. The van der Waals surface area contributed by atoms with Crippen LogP contribution in [0, 0.1) is 0 Å². The summed E-state index contributed by atoms with van der Waals surface area (Å²) >= 11 is 0. The molecule has 1 amide bonds. The maximum atomic E-state index is 13.0. The first-order chi connectivity index (χ1) is 10.2. The van der Waals surface area contributed by atoms with Gasteiger partial charge in [0.1, 0.15) is 11.0 Å². The Balaban J connectivity index is 2.32. The number of halogens is 1. The summed E-state index contributed by atoms with van der Waals surface area (Å²) in [6.45, 7) is -0.485. The smallest absolute Gasteiger partial charge is 0.331 e. The van der Waals surface area contributed by atoms with Gasteiger partial charge in [0, 0.05) is 13.0 Å². The largest absolute Gasteiger partial charge is 0.497 e. The summed E-state index contributed by atoms with van der Waals surface area (Å²) in [5.74, 6) is -1.53. The van der Waals surface area contributed by atoms with Gasteiger partial charge < -0.3 is 14.7 Å². The zero-order chi connectivity index (χ0) is 16.5. The molecule has 2 unspecified atom stereocenters. The van der Waals surface area contributed by atoms with Crippen LogP contribution < -0.4 is 4.74 Å². The summed E-state index contributed by atoms with van der Waals surface area (Å²) in [6, 6.07) is 4.60. The van der Waals surface area contributed by atoms with Crippen LogP contribution in [-0.4, -0.2) is 49.2 Å². The van der Waals surface area contributed by atoms with Crippen LogP contribution in [0.5, 0.6) is 5.75 Å². The molecule has 2 atom stereocenters. The molecule has 1 aromatic carbocycles. The van der Waals surface area contributed by atoms with Crippen molar-refractivity contribution in [2.75, 3.05) is 13.7 Å². The Labute approximate surface area is 126 Å². The number of nitrogens with zero attached hydrogens (tertiary/aromatic N) is 1. The Kier molecular flexibility index (Phi) is 4.36. The van der Waals surface area contributed by atoms with E-state index >= 15 is 0 Å². The first kappa shape index (κ1) is 16.2. The average Bonchev–Trinajstić information content (AvgIpc) is 2.82. The van der Waals surface area contributed by atoms with Crippen LogP contribution in [0.4, 0.5) is 3.89 Å². The number of ether oxygens (including phenoxy) is 1. The van der Waals surface area contributed by atoms with Gasteiger partial charge in [0.2, 0.25) is 5.91 Å². The number of carboxylic acid groups (broad SMARTS) is 1. The van der Waals surface area contributed by atoms with E-state index in [1.54, 1.807) is 0 Å². The summed E-state index contributed by atoms with van der Waals surface area (Å²) in [5, 5.41) is 7.82. The molecule has 1 saturated heterocycles. The number of hydrogen-bond acceptors (Lipinski definition) is 5. The number of methoxy groups -OCH3 is 1. The van der Waals surface area contributed by atoms with Gasteiger partial charge in [-0.25, -0.2) is 4.79 Å². The second-order valence-electron chi connectivity index (χ2n) is 4.86. The first-order valence-corrected chi connectivity index (χ1v) is 7.78. The summed E-state index contributed by atoms with van der Waals surface area (Å²) in [7, 11) is -3.45. The minimum absolute atomic E-state index is 0.276. The fourth-order valence-corrected chi connectivity index (χ4v) is 3.06. The number of carboxylic acids is 1. The summed E-state index contributed by atoms with van der Waals surface area (Å²) in [4.78, 5) is 24.2. The second-order valence-corrected chi connectivity index (χ2v) is 6.48. The highest BCUT2D eigenvalue weighted by atomic mass is 32.3. The van der Waals surface area contributed by atoms with Gasteiger partial charge in [-0.05, 0) is 17.7 Å². The molecule has 0 radical (unpaired) electrons. The fourth-order valence-electron chi connectivity index (χ4n) is 2.38. The van der Waals surface area contributed by atoms with Gasteiger partial charge in [-0.15, -0.1) is 3.89 Å². The Hall–Kier alpha value is -2.16. The van der Waals surface area contributed by atoms with E-state index in [2.05, 4.69) is 0 Å². The van der Waals surface area contributed by atoms with Crippen LogP contribution in [0.2, 0.25) is 0 Å². The van der Waals surface area contributed by atoms with Crippen LogP contribution in [0.25, 0.3) is 0 Å². The monoisotopic (exact) mass is 331 g/mol. The molecule has 120 valence electrons. The molecular weight excluding hydrogens is 317 g/mol. The first-order valence-electron chi connectivity index (χ1n) is 6.33. The van der Waals surface area contributed by atoms with E-state index in [0.29, 0.717) is 5.75 Å². The number of rotatable bonds is 5. The summed E-state index contributed by atoms with van der Waals surface area (Å²) in [5.41, 5.74) is 0.276. The van der Waals surface area contributed by atoms with Crippen molar-refractivity contribution in [3.63, 3.8) is 0 Å². The topological polar surface area (TPSA) is 101 Å². The van der Waals surface area contributed by atoms with E-state index in [0.717, 1.165) is 4.90 Å². The molecule has 0 aromatic heterocycles. The summed E-state index contributed by atoms with van der Waals surface area (Å²) in [6.07, 6.45) is -0.557. The van der Waals surface area contributed by atoms with Crippen molar-refractivity contribution in [1.82, 2.24) is 4.90 Å².